The number of hydrogen-bond donors (Lipinski definition) is 2. The van der Waals surface area contributed by atoms with Crippen molar-refractivity contribution >= 4 is 29.9 Å². The van der Waals surface area contributed by atoms with Crippen LogP contribution in [0.15, 0.2) is 46.0 Å². The summed E-state index contributed by atoms with van der Waals surface area (Å²) >= 11 is 0. The van der Waals surface area contributed by atoms with Gasteiger partial charge in [-0.3, -0.25) is 9.89 Å². The molecule has 0 radical (unpaired) electrons. The van der Waals surface area contributed by atoms with Crippen LogP contribution in [0.3, 0.4) is 0 Å². The van der Waals surface area contributed by atoms with Gasteiger partial charge < -0.3 is 15.1 Å². The molecule has 0 aliphatic carbocycles. The number of nitrogens with one attached hydrogen (secondary N) is 2. The molecule has 0 spiro atoms. The minimum atomic E-state index is 0. The van der Waals surface area contributed by atoms with Gasteiger partial charge in [0.1, 0.15) is 5.76 Å². The van der Waals surface area contributed by atoms with Crippen molar-refractivity contribution in [2.75, 3.05) is 27.7 Å². The number of furan rings is 1. The monoisotopic (exact) mass is 456 g/mol. The van der Waals surface area contributed by atoms with Gasteiger partial charge in [-0.1, -0.05) is 23.8 Å². The topological polar surface area (TPSA) is 52.8 Å². The molecule has 1 aromatic heterocycles. The molecule has 0 fully saturated rings. The molecule has 0 amide bonds. The molecular formula is C19H29IN4O. The number of benzene rings is 1. The van der Waals surface area contributed by atoms with Gasteiger partial charge in [-0.25, -0.2) is 0 Å². The molecule has 25 heavy (non-hydrogen) atoms. The Bertz CT molecular complexity index is 668. The Morgan fingerprint density at radius 3 is 2.52 bits per heavy atom. The summed E-state index contributed by atoms with van der Waals surface area (Å²) in [5, 5.41) is 6.75. The quantitative estimate of drug-likeness (QED) is 0.397. The van der Waals surface area contributed by atoms with Crippen LogP contribution in [0.1, 0.15) is 28.5 Å². The summed E-state index contributed by atoms with van der Waals surface area (Å²) in [6, 6.07) is 10.6. The van der Waals surface area contributed by atoms with Gasteiger partial charge in [0.15, 0.2) is 5.96 Å². The van der Waals surface area contributed by atoms with Crippen LogP contribution in [-0.4, -0.2) is 38.5 Å². The maximum atomic E-state index is 5.54. The number of nitrogens with zero attached hydrogens (tertiary/aromatic N) is 2. The van der Waals surface area contributed by atoms with Gasteiger partial charge in [-0.05, 0) is 51.2 Å². The fourth-order valence-electron chi connectivity index (χ4n) is 2.66. The average Bonchev–Trinajstić information content (AvgIpc) is 3.05. The summed E-state index contributed by atoms with van der Waals surface area (Å²) in [5.74, 6) is 1.73. The van der Waals surface area contributed by atoms with E-state index in [4.69, 9.17) is 4.42 Å². The van der Waals surface area contributed by atoms with Gasteiger partial charge in [0.05, 0.1) is 12.3 Å². The summed E-state index contributed by atoms with van der Waals surface area (Å²) in [7, 11) is 5.87. The lowest BCUT2D eigenvalue weighted by Gasteiger charge is -2.23. The van der Waals surface area contributed by atoms with Crippen molar-refractivity contribution in [2.45, 2.75) is 26.4 Å². The summed E-state index contributed by atoms with van der Waals surface area (Å²) < 4.78 is 5.54. The second-order valence-electron chi connectivity index (χ2n) is 6.23. The van der Waals surface area contributed by atoms with Crippen molar-refractivity contribution in [3.63, 3.8) is 0 Å². The number of guanidine groups is 1. The number of likely N-dealkylation sites (N-methyl/N-ethyl adjacent to an activating group) is 1. The van der Waals surface area contributed by atoms with Crippen molar-refractivity contribution in [3.8, 4) is 0 Å². The maximum absolute atomic E-state index is 5.54. The van der Waals surface area contributed by atoms with E-state index in [1.54, 1.807) is 13.3 Å². The van der Waals surface area contributed by atoms with Crippen LogP contribution in [0.4, 0.5) is 0 Å². The molecule has 1 unspecified atom stereocenters. The highest BCUT2D eigenvalue weighted by Crippen LogP contribution is 2.17. The normalized spacial score (nSPS) is 12.6. The number of hydrogen-bond acceptors (Lipinski definition) is 3. The Morgan fingerprint density at radius 2 is 1.96 bits per heavy atom. The molecule has 0 saturated heterocycles. The minimum absolute atomic E-state index is 0. The van der Waals surface area contributed by atoms with Crippen LogP contribution in [0.5, 0.6) is 0 Å². The van der Waals surface area contributed by atoms with Gasteiger partial charge in [0, 0.05) is 20.1 Å². The highest BCUT2D eigenvalue weighted by molar-refractivity contribution is 14.0. The predicted molar refractivity (Wildman–Crippen MR) is 115 cm³/mol. The maximum Gasteiger partial charge on any atom is 0.191 e. The lowest BCUT2D eigenvalue weighted by Crippen LogP contribution is -2.41. The number of aryl methyl sites for hydroxylation is 2. The van der Waals surface area contributed by atoms with E-state index in [0.29, 0.717) is 6.54 Å². The first-order chi connectivity index (χ1) is 11.5. The van der Waals surface area contributed by atoms with E-state index in [1.165, 1.54) is 16.7 Å². The SMILES string of the molecule is CN=C(NCc1ccc(C)cc1C)NCC(c1ccco1)N(C)C.I. The Labute approximate surface area is 167 Å². The third kappa shape index (κ3) is 6.36. The standard InChI is InChI=1S/C19H28N4O.HI/c1-14-8-9-16(15(2)11-14)12-21-19(20-3)22-13-17(23(4)5)18-7-6-10-24-18;/h6-11,17H,12-13H2,1-5H3,(H2,20,21,22);1H. The van der Waals surface area contributed by atoms with Gasteiger partial charge in [-0.15, -0.1) is 24.0 Å². The zero-order valence-electron chi connectivity index (χ0n) is 15.7. The first-order valence-corrected chi connectivity index (χ1v) is 8.21. The van der Waals surface area contributed by atoms with Crippen molar-refractivity contribution in [3.05, 3.63) is 59.0 Å². The highest BCUT2D eigenvalue weighted by Gasteiger charge is 2.17. The lowest BCUT2D eigenvalue weighted by atomic mass is 10.1. The molecule has 2 rings (SSSR count). The fraction of sp³-hybridized carbons (Fsp3) is 0.421. The molecule has 6 heteroatoms. The Kier molecular flexibility index (Phi) is 8.99. The Hall–Kier alpha value is -1.54. The largest absolute Gasteiger partial charge is 0.468 e. The Balaban J connectivity index is 0.00000312. The van der Waals surface area contributed by atoms with Crippen LogP contribution in [-0.2, 0) is 6.54 Å². The summed E-state index contributed by atoms with van der Waals surface area (Å²) in [4.78, 5) is 6.44. The van der Waals surface area contributed by atoms with Gasteiger partial charge in [0.25, 0.3) is 0 Å². The van der Waals surface area contributed by atoms with Crippen LogP contribution in [0.25, 0.3) is 0 Å². The summed E-state index contributed by atoms with van der Waals surface area (Å²) in [6.45, 7) is 5.71. The summed E-state index contributed by atoms with van der Waals surface area (Å²) in [5.41, 5.74) is 3.85. The van der Waals surface area contributed by atoms with Gasteiger partial charge >= 0.3 is 0 Å². The van der Waals surface area contributed by atoms with Crippen LogP contribution < -0.4 is 10.6 Å². The number of aliphatic imine (C=N–C) groups is 1. The first-order valence-electron chi connectivity index (χ1n) is 8.21. The summed E-state index contributed by atoms with van der Waals surface area (Å²) in [6.07, 6.45) is 1.71. The van der Waals surface area contributed by atoms with Crippen LogP contribution >= 0.6 is 24.0 Å². The van der Waals surface area contributed by atoms with E-state index in [9.17, 15) is 0 Å². The van der Waals surface area contributed by atoms with E-state index >= 15 is 0 Å². The lowest BCUT2D eigenvalue weighted by molar-refractivity contribution is 0.258. The van der Waals surface area contributed by atoms with Crippen LogP contribution in [0.2, 0.25) is 0 Å². The number of halogens is 1. The molecule has 0 saturated carbocycles. The van der Waals surface area contributed by atoms with Gasteiger partial charge in [0.2, 0.25) is 0 Å². The van der Waals surface area contributed by atoms with Crippen molar-refractivity contribution in [1.29, 1.82) is 0 Å². The smallest absolute Gasteiger partial charge is 0.191 e. The molecule has 1 aromatic carbocycles. The second kappa shape index (κ2) is 10.5. The molecule has 0 bridgehead atoms. The molecule has 2 N–H and O–H groups in total. The zero-order valence-corrected chi connectivity index (χ0v) is 18.0. The van der Waals surface area contributed by atoms with E-state index < -0.39 is 0 Å². The average molecular weight is 456 g/mol. The fourth-order valence-corrected chi connectivity index (χ4v) is 2.66. The van der Waals surface area contributed by atoms with E-state index in [0.717, 1.165) is 18.3 Å². The third-order valence-corrected chi connectivity index (χ3v) is 4.13. The van der Waals surface area contributed by atoms with Crippen molar-refractivity contribution < 1.29 is 4.42 Å². The zero-order chi connectivity index (χ0) is 17.5. The molecular weight excluding hydrogens is 427 g/mol. The molecule has 0 aliphatic rings. The van der Waals surface area contributed by atoms with E-state index in [1.807, 2.05) is 26.2 Å². The highest BCUT2D eigenvalue weighted by atomic mass is 127. The van der Waals surface area contributed by atoms with Crippen molar-refractivity contribution in [2.24, 2.45) is 4.99 Å². The van der Waals surface area contributed by atoms with Gasteiger partial charge in [-0.2, -0.15) is 0 Å². The molecule has 2 aromatic rings. The molecule has 138 valence electrons. The van der Waals surface area contributed by atoms with E-state index in [-0.39, 0.29) is 30.0 Å². The molecule has 1 heterocycles. The minimum Gasteiger partial charge on any atom is -0.468 e. The van der Waals surface area contributed by atoms with Crippen LogP contribution in [0, 0.1) is 13.8 Å². The molecule has 0 aliphatic heterocycles. The van der Waals surface area contributed by atoms with E-state index in [2.05, 4.69) is 52.6 Å². The third-order valence-electron chi connectivity index (χ3n) is 4.13. The Morgan fingerprint density at radius 1 is 1.20 bits per heavy atom. The molecule has 5 nitrogen and oxygen atoms in total. The number of rotatable bonds is 6. The first kappa shape index (κ1) is 21.5. The molecule has 1 atom stereocenters. The second-order valence-corrected chi connectivity index (χ2v) is 6.23. The van der Waals surface area contributed by atoms with Crippen molar-refractivity contribution in [1.82, 2.24) is 15.5 Å². The predicted octanol–water partition coefficient (Wildman–Crippen LogP) is 3.48.